The average Bonchev–Trinajstić information content (AvgIpc) is 3.21. The van der Waals surface area contributed by atoms with Crippen molar-refractivity contribution in [2.45, 2.75) is 17.7 Å². The third kappa shape index (κ3) is 2.24. The number of rotatable bonds is 4. The zero-order valence-corrected chi connectivity index (χ0v) is 12.0. The molecule has 0 unspecified atom stereocenters. The van der Waals surface area contributed by atoms with Crippen molar-refractivity contribution < 1.29 is 18.1 Å². The number of nitrogens with zero attached hydrogens (tertiary/aromatic N) is 2. The molecule has 0 amide bonds. The molecule has 0 radical (unpaired) electrons. The molecule has 7 nitrogen and oxygen atoms in total. The molecule has 0 spiro atoms. The molecule has 1 saturated heterocycles. The maximum absolute atomic E-state index is 12.5. The Labute approximate surface area is 121 Å². The fourth-order valence-electron chi connectivity index (χ4n) is 2.93. The number of aldehydes is 1. The highest BCUT2D eigenvalue weighted by Crippen LogP contribution is 2.56. The summed E-state index contributed by atoms with van der Waals surface area (Å²) in [6.07, 6.45) is 2.25. The highest BCUT2D eigenvalue weighted by atomic mass is 32.2. The Balaban J connectivity index is 1.81. The van der Waals surface area contributed by atoms with E-state index in [0.717, 1.165) is 12.7 Å². The van der Waals surface area contributed by atoms with E-state index in [1.54, 1.807) is 0 Å². The van der Waals surface area contributed by atoms with Gasteiger partial charge >= 0.3 is 0 Å². The van der Waals surface area contributed by atoms with Crippen molar-refractivity contribution >= 4 is 22.0 Å². The van der Waals surface area contributed by atoms with Crippen LogP contribution in [0.1, 0.15) is 12.8 Å². The van der Waals surface area contributed by atoms with Crippen LogP contribution >= 0.6 is 0 Å². The first-order chi connectivity index (χ1) is 9.89. The van der Waals surface area contributed by atoms with Gasteiger partial charge in [-0.15, -0.1) is 0 Å². The van der Waals surface area contributed by atoms with Gasteiger partial charge in [0.25, 0.3) is 5.69 Å². The van der Waals surface area contributed by atoms with E-state index in [1.807, 2.05) is 0 Å². The molecule has 0 aromatic heterocycles. The van der Waals surface area contributed by atoms with E-state index in [0.29, 0.717) is 19.5 Å². The molecule has 21 heavy (non-hydrogen) atoms. The van der Waals surface area contributed by atoms with Crippen LogP contribution in [0.3, 0.4) is 0 Å². The second kappa shape index (κ2) is 4.60. The molecule has 3 rings (SSSR count). The van der Waals surface area contributed by atoms with Crippen LogP contribution in [-0.2, 0) is 14.8 Å². The first-order valence-electron chi connectivity index (χ1n) is 6.60. The van der Waals surface area contributed by atoms with Crippen molar-refractivity contribution in [2.24, 2.45) is 11.3 Å². The molecule has 2 fully saturated rings. The zero-order valence-electron chi connectivity index (χ0n) is 11.1. The zero-order chi connectivity index (χ0) is 15.3. The summed E-state index contributed by atoms with van der Waals surface area (Å²) in [7, 11) is -3.65. The molecule has 1 aromatic rings. The molecular formula is C13H14N2O5S. The molecule has 2 aliphatic rings. The van der Waals surface area contributed by atoms with Crippen LogP contribution < -0.4 is 0 Å². The Morgan fingerprint density at radius 2 is 2.00 bits per heavy atom. The van der Waals surface area contributed by atoms with E-state index in [1.165, 1.54) is 28.6 Å². The number of carbonyl (C=O) groups excluding carboxylic acids is 1. The number of piperidine rings is 1. The third-order valence-electron chi connectivity index (χ3n) is 4.45. The van der Waals surface area contributed by atoms with E-state index >= 15 is 0 Å². The van der Waals surface area contributed by atoms with Crippen molar-refractivity contribution in [2.75, 3.05) is 13.1 Å². The Morgan fingerprint density at radius 1 is 1.33 bits per heavy atom. The van der Waals surface area contributed by atoms with Gasteiger partial charge in [0, 0.05) is 30.6 Å². The predicted octanol–water partition coefficient (Wildman–Crippen LogP) is 1.19. The Kier molecular flexibility index (Phi) is 3.10. The van der Waals surface area contributed by atoms with E-state index < -0.39 is 14.9 Å². The summed E-state index contributed by atoms with van der Waals surface area (Å²) in [6.45, 7) is 0.659. The van der Waals surface area contributed by atoms with Gasteiger partial charge < -0.3 is 4.79 Å². The molecule has 1 heterocycles. The highest BCUT2D eigenvalue weighted by molar-refractivity contribution is 7.89. The van der Waals surface area contributed by atoms with E-state index in [4.69, 9.17) is 0 Å². The van der Waals surface area contributed by atoms with Crippen LogP contribution in [-0.4, -0.2) is 37.0 Å². The van der Waals surface area contributed by atoms with Crippen LogP contribution in [0.2, 0.25) is 0 Å². The molecule has 1 aliphatic heterocycles. The number of non-ortho nitro benzene ring substituents is 1. The van der Waals surface area contributed by atoms with Gasteiger partial charge in [0.15, 0.2) is 0 Å². The minimum atomic E-state index is -3.65. The standard InChI is InChI=1S/C13H14N2O5S/c16-9-13-5-6-14(8-10(13)7-13)21(19,20)12-3-1-11(2-4-12)15(17)18/h1-4,9-10H,5-8H2/t10-,13-/m0/s1. The van der Waals surface area contributed by atoms with Crippen molar-refractivity contribution in [3.8, 4) is 0 Å². The summed E-state index contributed by atoms with van der Waals surface area (Å²) in [5.74, 6) is 0.108. The van der Waals surface area contributed by atoms with Gasteiger partial charge in [0.05, 0.1) is 9.82 Å². The van der Waals surface area contributed by atoms with Crippen LogP contribution in [0.25, 0.3) is 0 Å². The minimum Gasteiger partial charge on any atom is -0.303 e. The lowest BCUT2D eigenvalue weighted by molar-refractivity contribution is -0.384. The molecular weight excluding hydrogens is 296 g/mol. The van der Waals surface area contributed by atoms with Gasteiger partial charge in [-0.25, -0.2) is 8.42 Å². The highest BCUT2D eigenvalue weighted by Gasteiger charge is 2.58. The van der Waals surface area contributed by atoms with E-state index in [2.05, 4.69) is 0 Å². The predicted molar refractivity (Wildman–Crippen MR) is 73.1 cm³/mol. The summed E-state index contributed by atoms with van der Waals surface area (Å²) in [6, 6.07) is 4.87. The fraction of sp³-hybridized carbons (Fsp3) is 0.462. The molecule has 1 saturated carbocycles. The SMILES string of the molecule is O=C[C@@]12CCN(S(=O)(=O)c3ccc([N+](=O)[O-])cc3)C[C@@H]1C2. The van der Waals surface area contributed by atoms with Crippen molar-refractivity contribution in [1.29, 1.82) is 0 Å². The first-order valence-corrected chi connectivity index (χ1v) is 8.04. The number of fused-ring (bicyclic) bond motifs is 1. The maximum atomic E-state index is 12.5. The second-order valence-electron chi connectivity index (χ2n) is 5.62. The lowest BCUT2D eigenvalue weighted by Crippen LogP contribution is -2.39. The van der Waals surface area contributed by atoms with Gasteiger partial charge in [-0.1, -0.05) is 0 Å². The molecule has 0 bridgehead atoms. The van der Waals surface area contributed by atoms with Crippen LogP contribution in [0.5, 0.6) is 0 Å². The van der Waals surface area contributed by atoms with Crippen molar-refractivity contribution in [3.05, 3.63) is 34.4 Å². The Morgan fingerprint density at radius 3 is 2.52 bits per heavy atom. The van der Waals surface area contributed by atoms with Crippen LogP contribution in [0.15, 0.2) is 29.2 Å². The van der Waals surface area contributed by atoms with Gasteiger partial charge in [-0.3, -0.25) is 10.1 Å². The number of sulfonamides is 1. The number of hydrogen-bond acceptors (Lipinski definition) is 5. The Hall–Kier alpha value is -1.80. The lowest BCUT2D eigenvalue weighted by Gasteiger charge is -2.28. The smallest absolute Gasteiger partial charge is 0.269 e. The lowest BCUT2D eigenvalue weighted by atomic mass is 9.98. The topological polar surface area (TPSA) is 97.6 Å². The fourth-order valence-corrected chi connectivity index (χ4v) is 4.42. The molecule has 1 aliphatic carbocycles. The summed E-state index contributed by atoms with van der Waals surface area (Å²) < 4.78 is 26.4. The van der Waals surface area contributed by atoms with Gasteiger partial charge in [0.1, 0.15) is 6.29 Å². The number of carbonyl (C=O) groups is 1. The molecule has 8 heteroatoms. The van der Waals surface area contributed by atoms with Gasteiger partial charge in [-0.05, 0) is 30.9 Å². The van der Waals surface area contributed by atoms with E-state index in [9.17, 15) is 23.3 Å². The van der Waals surface area contributed by atoms with Gasteiger partial charge in [-0.2, -0.15) is 4.31 Å². The van der Waals surface area contributed by atoms with Gasteiger partial charge in [0.2, 0.25) is 10.0 Å². The molecule has 2 atom stereocenters. The largest absolute Gasteiger partial charge is 0.303 e. The third-order valence-corrected chi connectivity index (χ3v) is 6.33. The minimum absolute atomic E-state index is 0.0485. The quantitative estimate of drug-likeness (QED) is 0.473. The van der Waals surface area contributed by atoms with Crippen LogP contribution in [0.4, 0.5) is 5.69 Å². The van der Waals surface area contributed by atoms with Crippen LogP contribution in [0, 0.1) is 21.4 Å². The molecule has 0 N–H and O–H groups in total. The normalized spacial score (nSPS) is 28.7. The number of nitro groups is 1. The summed E-state index contributed by atoms with van der Waals surface area (Å²) in [5.41, 5.74) is -0.448. The first kappa shape index (κ1) is 14.2. The molecule has 112 valence electrons. The average molecular weight is 310 g/mol. The number of benzene rings is 1. The molecule has 1 aromatic carbocycles. The van der Waals surface area contributed by atoms with Crippen molar-refractivity contribution in [1.82, 2.24) is 4.31 Å². The van der Waals surface area contributed by atoms with E-state index in [-0.39, 0.29) is 21.9 Å². The summed E-state index contributed by atoms with van der Waals surface area (Å²) in [4.78, 5) is 21.1. The monoisotopic (exact) mass is 310 g/mol. The van der Waals surface area contributed by atoms with Crippen molar-refractivity contribution in [3.63, 3.8) is 0 Å². The summed E-state index contributed by atoms with van der Waals surface area (Å²) >= 11 is 0. The summed E-state index contributed by atoms with van der Waals surface area (Å²) in [5, 5.41) is 10.6. The Bertz CT molecular complexity index is 700. The second-order valence-corrected chi connectivity index (χ2v) is 7.55. The number of nitro benzene ring substituents is 1. The number of hydrogen-bond donors (Lipinski definition) is 0. The maximum Gasteiger partial charge on any atom is 0.269 e.